The molecule has 1 fully saturated rings. The van der Waals surface area contributed by atoms with E-state index in [9.17, 15) is 4.79 Å². The largest absolute Gasteiger partial charge is 0.497 e. The van der Waals surface area contributed by atoms with Crippen LogP contribution in [-0.4, -0.2) is 12.9 Å². The van der Waals surface area contributed by atoms with E-state index in [-0.39, 0.29) is 0 Å². The smallest absolute Gasteiger partial charge is 0.133 e. The number of fused-ring (bicyclic) bond motifs is 3. The van der Waals surface area contributed by atoms with Crippen molar-refractivity contribution in [3.05, 3.63) is 29.3 Å². The second kappa shape index (κ2) is 4.17. The van der Waals surface area contributed by atoms with Crippen LogP contribution in [0.15, 0.2) is 18.2 Å². The molecule has 2 nitrogen and oxygen atoms in total. The highest BCUT2D eigenvalue weighted by atomic mass is 16.5. The number of Topliss-reactive ketones (excluding diaryl/α,β-unsaturated/α-hetero) is 1. The van der Waals surface area contributed by atoms with Crippen LogP contribution in [0.5, 0.6) is 5.75 Å². The molecule has 17 heavy (non-hydrogen) atoms. The number of aryl methyl sites for hydroxylation is 1. The number of methoxy groups -OCH3 is 1. The van der Waals surface area contributed by atoms with Gasteiger partial charge in [0.25, 0.3) is 0 Å². The van der Waals surface area contributed by atoms with Gasteiger partial charge in [0.2, 0.25) is 0 Å². The zero-order valence-electron chi connectivity index (χ0n) is 10.2. The first-order valence-corrected chi connectivity index (χ1v) is 6.46. The first-order valence-electron chi connectivity index (χ1n) is 6.46. The van der Waals surface area contributed by atoms with Gasteiger partial charge < -0.3 is 4.74 Å². The van der Waals surface area contributed by atoms with Crippen LogP contribution in [0.1, 0.15) is 42.7 Å². The van der Waals surface area contributed by atoms with Crippen molar-refractivity contribution in [2.24, 2.45) is 5.92 Å². The Morgan fingerprint density at radius 2 is 2.12 bits per heavy atom. The molecule has 1 aromatic carbocycles. The number of benzene rings is 1. The molecule has 0 heterocycles. The Bertz CT molecular complexity index is 450. The van der Waals surface area contributed by atoms with E-state index in [0.717, 1.165) is 37.9 Å². The van der Waals surface area contributed by atoms with Crippen molar-refractivity contribution in [2.75, 3.05) is 7.11 Å². The Balaban J connectivity index is 1.94. The minimum Gasteiger partial charge on any atom is -0.497 e. The lowest BCUT2D eigenvalue weighted by atomic mass is 9.68. The fourth-order valence-corrected chi connectivity index (χ4v) is 3.43. The lowest BCUT2D eigenvalue weighted by Crippen LogP contribution is -2.28. The Morgan fingerprint density at radius 1 is 1.24 bits per heavy atom. The van der Waals surface area contributed by atoms with Gasteiger partial charge in [-0.3, -0.25) is 4.79 Å². The van der Waals surface area contributed by atoms with Gasteiger partial charge >= 0.3 is 0 Å². The topological polar surface area (TPSA) is 26.3 Å². The molecule has 0 unspecified atom stereocenters. The third-order valence-electron chi connectivity index (χ3n) is 4.33. The Labute approximate surface area is 102 Å². The number of ether oxygens (including phenoxy) is 1. The van der Waals surface area contributed by atoms with Gasteiger partial charge in [0, 0.05) is 12.8 Å². The number of hydrogen-bond acceptors (Lipinski definition) is 2. The van der Waals surface area contributed by atoms with Crippen LogP contribution < -0.4 is 4.74 Å². The first kappa shape index (κ1) is 10.8. The van der Waals surface area contributed by atoms with Crippen LogP contribution in [0.4, 0.5) is 0 Å². The molecule has 2 atom stereocenters. The lowest BCUT2D eigenvalue weighted by molar-refractivity contribution is -0.122. The van der Waals surface area contributed by atoms with Crippen LogP contribution in [-0.2, 0) is 11.2 Å². The van der Waals surface area contributed by atoms with E-state index in [1.807, 2.05) is 0 Å². The maximum absolute atomic E-state index is 11.5. The summed E-state index contributed by atoms with van der Waals surface area (Å²) in [6.07, 6.45) is 4.88. The Kier molecular flexibility index (Phi) is 2.65. The highest BCUT2D eigenvalue weighted by molar-refractivity contribution is 5.79. The summed E-state index contributed by atoms with van der Waals surface area (Å²) in [5, 5.41) is 0. The number of ketones is 1. The van der Waals surface area contributed by atoms with Gasteiger partial charge in [-0.1, -0.05) is 6.07 Å². The number of carbonyl (C=O) groups excluding carboxylic acids is 1. The van der Waals surface area contributed by atoms with E-state index >= 15 is 0 Å². The van der Waals surface area contributed by atoms with Crippen LogP contribution >= 0.6 is 0 Å². The molecular weight excluding hydrogens is 212 g/mol. The predicted octanol–water partition coefficient (Wildman–Crippen LogP) is 3.09. The standard InChI is InChI=1S/C15H18O2/c1-17-13-5-7-15-11(9-13)3-2-10-8-12(16)4-6-14(10)15/h5,7,9-10,14H,2-4,6,8H2,1H3/t10-,14+/m1/s1. The summed E-state index contributed by atoms with van der Waals surface area (Å²) in [6.45, 7) is 0. The van der Waals surface area contributed by atoms with E-state index in [2.05, 4.69) is 18.2 Å². The minimum absolute atomic E-state index is 0.461. The van der Waals surface area contributed by atoms with Crippen molar-refractivity contribution >= 4 is 5.78 Å². The average molecular weight is 230 g/mol. The fraction of sp³-hybridized carbons (Fsp3) is 0.533. The molecule has 1 saturated carbocycles. The number of carbonyl (C=O) groups is 1. The number of rotatable bonds is 1. The van der Waals surface area contributed by atoms with Crippen molar-refractivity contribution in [3.63, 3.8) is 0 Å². The lowest BCUT2D eigenvalue weighted by Gasteiger charge is -2.36. The summed E-state index contributed by atoms with van der Waals surface area (Å²) in [5.74, 6) is 2.62. The molecule has 0 aliphatic heterocycles. The molecule has 2 aliphatic rings. The molecule has 0 aromatic heterocycles. The Morgan fingerprint density at radius 3 is 2.94 bits per heavy atom. The highest BCUT2D eigenvalue weighted by Crippen LogP contribution is 2.44. The summed E-state index contributed by atoms with van der Waals surface area (Å²) in [4.78, 5) is 11.5. The van der Waals surface area contributed by atoms with Crippen molar-refractivity contribution in [1.82, 2.24) is 0 Å². The van der Waals surface area contributed by atoms with E-state index in [1.54, 1.807) is 7.11 Å². The SMILES string of the molecule is COc1ccc2c(c1)CC[C@@H]1CC(=O)CC[C@H]21. The van der Waals surface area contributed by atoms with Gasteiger partial charge in [0.1, 0.15) is 11.5 Å². The quantitative estimate of drug-likeness (QED) is 0.741. The van der Waals surface area contributed by atoms with E-state index < -0.39 is 0 Å². The monoisotopic (exact) mass is 230 g/mol. The van der Waals surface area contributed by atoms with E-state index in [0.29, 0.717) is 17.6 Å². The van der Waals surface area contributed by atoms with Gasteiger partial charge in [0.15, 0.2) is 0 Å². The second-order valence-corrected chi connectivity index (χ2v) is 5.25. The maximum atomic E-state index is 11.5. The van der Waals surface area contributed by atoms with E-state index in [4.69, 9.17) is 4.74 Å². The molecule has 0 N–H and O–H groups in total. The highest BCUT2D eigenvalue weighted by Gasteiger charge is 2.34. The van der Waals surface area contributed by atoms with Gasteiger partial charge in [0.05, 0.1) is 7.11 Å². The predicted molar refractivity (Wildman–Crippen MR) is 66.4 cm³/mol. The summed E-state index contributed by atoms with van der Waals surface area (Å²) < 4.78 is 5.28. The molecule has 1 aromatic rings. The molecule has 0 amide bonds. The van der Waals surface area contributed by atoms with Crippen LogP contribution in [0.3, 0.4) is 0 Å². The molecule has 0 saturated heterocycles. The zero-order chi connectivity index (χ0) is 11.8. The van der Waals surface area contributed by atoms with Crippen molar-refractivity contribution in [2.45, 2.75) is 38.0 Å². The third-order valence-corrected chi connectivity index (χ3v) is 4.33. The zero-order valence-corrected chi connectivity index (χ0v) is 10.2. The first-order chi connectivity index (χ1) is 8.28. The number of hydrogen-bond donors (Lipinski definition) is 0. The van der Waals surface area contributed by atoms with Gasteiger partial charge in [-0.2, -0.15) is 0 Å². The molecule has 3 rings (SSSR count). The molecule has 90 valence electrons. The molecule has 0 spiro atoms. The normalized spacial score (nSPS) is 27.2. The van der Waals surface area contributed by atoms with Crippen molar-refractivity contribution in [3.8, 4) is 5.75 Å². The van der Waals surface area contributed by atoms with E-state index in [1.165, 1.54) is 11.1 Å². The molecule has 2 aliphatic carbocycles. The molecular formula is C15H18O2. The van der Waals surface area contributed by atoms with Crippen LogP contribution in [0.2, 0.25) is 0 Å². The van der Waals surface area contributed by atoms with Crippen molar-refractivity contribution in [1.29, 1.82) is 0 Å². The molecule has 0 bridgehead atoms. The summed E-state index contributed by atoms with van der Waals surface area (Å²) in [5.41, 5.74) is 2.90. The van der Waals surface area contributed by atoms with Crippen LogP contribution in [0.25, 0.3) is 0 Å². The van der Waals surface area contributed by atoms with Gasteiger partial charge in [-0.25, -0.2) is 0 Å². The average Bonchev–Trinajstić information content (AvgIpc) is 2.37. The molecule has 0 radical (unpaired) electrons. The van der Waals surface area contributed by atoms with Gasteiger partial charge in [-0.05, 0) is 54.4 Å². The minimum atomic E-state index is 0.461. The van der Waals surface area contributed by atoms with Crippen molar-refractivity contribution < 1.29 is 9.53 Å². The maximum Gasteiger partial charge on any atom is 0.133 e. The fourth-order valence-electron chi connectivity index (χ4n) is 3.43. The summed E-state index contributed by atoms with van der Waals surface area (Å²) >= 11 is 0. The van der Waals surface area contributed by atoms with Gasteiger partial charge in [-0.15, -0.1) is 0 Å². The summed E-state index contributed by atoms with van der Waals surface area (Å²) in [7, 11) is 1.71. The summed E-state index contributed by atoms with van der Waals surface area (Å²) in [6, 6.07) is 6.43. The second-order valence-electron chi connectivity index (χ2n) is 5.25. The van der Waals surface area contributed by atoms with Crippen LogP contribution in [0, 0.1) is 5.92 Å². The Hall–Kier alpha value is -1.31. The third kappa shape index (κ3) is 1.86. The molecule has 2 heteroatoms.